The number of pyridine rings is 1. The number of aromatic nitrogens is 1. The van der Waals surface area contributed by atoms with E-state index in [1.165, 1.54) is 0 Å². The standard InChI is InChI=1S/C20H35N3O3S/c1-4-6-13-26-20-12-11-19(15-22-20)21-14-17-7-9-18(10-8-17)23-27(24,25)16(3)5-2/h11-12,15-18,21,23H,4-10,13-14H2,1-3H3. The summed E-state index contributed by atoms with van der Waals surface area (Å²) in [6, 6.07) is 3.99. The van der Waals surface area contributed by atoms with Crippen molar-refractivity contribution in [3.8, 4) is 5.88 Å². The summed E-state index contributed by atoms with van der Waals surface area (Å²) >= 11 is 0. The van der Waals surface area contributed by atoms with Crippen LogP contribution in [0.2, 0.25) is 0 Å². The highest BCUT2D eigenvalue weighted by Gasteiger charge is 2.27. The second-order valence-corrected chi connectivity index (χ2v) is 9.70. The summed E-state index contributed by atoms with van der Waals surface area (Å²) in [6.07, 6.45) is 8.49. The molecule has 27 heavy (non-hydrogen) atoms. The summed E-state index contributed by atoms with van der Waals surface area (Å²) < 4.78 is 32.9. The van der Waals surface area contributed by atoms with Crippen LogP contribution in [0.5, 0.6) is 5.88 Å². The molecule has 154 valence electrons. The largest absolute Gasteiger partial charge is 0.478 e. The zero-order valence-electron chi connectivity index (χ0n) is 16.9. The molecule has 1 unspecified atom stereocenters. The normalized spacial score (nSPS) is 21.6. The third-order valence-corrected chi connectivity index (χ3v) is 7.42. The van der Waals surface area contributed by atoms with Crippen LogP contribution in [0.4, 0.5) is 5.69 Å². The van der Waals surface area contributed by atoms with Crippen LogP contribution in [0, 0.1) is 5.92 Å². The molecule has 1 atom stereocenters. The number of hydrogen-bond acceptors (Lipinski definition) is 5. The Bertz CT molecular complexity index is 641. The number of nitrogens with one attached hydrogen (secondary N) is 2. The molecule has 0 radical (unpaired) electrons. The van der Waals surface area contributed by atoms with E-state index in [9.17, 15) is 8.42 Å². The number of anilines is 1. The molecule has 1 aromatic heterocycles. The number of rotatable bonds is 11. The van der Waals surface area contributed by atoms with Crippen molar-refractivity contribution >= 4 is 15.7 Å². The van der Waals surface area contributed by atoms with E-state index in [-0.39, 0.29) is 11.3 Å². The molecule has 0 spiro atoms. The van der Waals surface area contributed by atoms with Crippen LogP contribution in [0.15, 0.2) is 18.3 Å². The van der Waals surface area contributed by atoms with Crippen molar-refractivity contribution in [2.75, 3.05) is 18.5 Å². The Kier molecular flexibility index (Phi) is 8.83. The average Bonchev–Trinajstić information content (AvgIpc) is 2.67. The molecule has 1 heterocycles. The Labute approximate surface area is 164 Å². The monoisotopic (exact) mass is 397 g/mol. The van der Waals surface area contributed by atoms with Crippen molar-refractivity contribution in [3.05, 3.63) is 18.3 Å². The molecule has 0 aromatic carbocycles. The van der Waals surface area contributed by atoms with Crippen LogP contribution in [-0.2, 0) is 10.0 Å². The van der Waals surface area contributed by atoms with Crippen LogP contribution in [-0.4, -0.2) is 37.8 Å². The lowest BCUT2D eigenvalue weighted by atomic mass is 9.86. The smallest absolute Gasteiger partial charge is 0.214 e. The minimum Gasteiger partial charge on any atom is -0.478 e. The lowest BCUT2D eigenvalue weighted by Crippen LogP contribution is -2.42. The highest BCUT2D eigenvalue weighted by molar-refractivity contribution is 7.90. The maximum absolute atomic E-state index is 12.2. The van der Waals surface area contributed by atoms with E-state index in [1.807, 2.05) is 25.3 Å². The van der Waals surface area contributed by atoms with Crippen molar-refractivity contribution in [1.82, 2.24) is 9.71 Å². The van der Waals surface area contributed by atoms with E-state index < -0.39 is 10.0 Å². The van der Waals surface area contributed by atoms with Gasteiger partial charge in [-0.05, 0) is 57.4 Å². The van der Waals surface area contributed by atoms with E-state index in [0.29, 0.717) is 24.8 Å². The Morgan fingerprint density at radius 3 is 2.56 bits per heavy atom. The van der Waals surface area contributed by atoms with Gasteiger partial charge >= 0.3 is 0 Å². The van der Waals surface area contributed by atoms with E-state index >= 15 is 0 Å². The Morgan fingerprint density at radius 2 is 1.96 bits per heavy atom. The molecule has 7 heteroatoms. The fourth-order valence-corrected chi connectivity index (χ4v) is 4.58. The SMILES string of the molecule is CCCCOc1ccc(NCC2CCC(NS(=O)(=O)C(C)CC)CC2)cn1. The van der Waals surface area contributed by atoms with E-state index in [2.05, 4.69) is 21.9 Å². The maximum atomic E-state index is 12.2. The molecule has 1 saturated carbocycles. The molecule has 0 amide bonds. The van der Waals surface area contributed by atoms with E-state index in [4.69, 9.17) is 4.74 Å². The molecule has 2 N–H and O–H groups in total. The zero-order valence-corrected chi connectivity index (χ0v) is 17.7. The van der Waals surface area contributed by atoms with Gasteiger partial charge in [-0.15, -0.1) is 0 Å². The van der Waals surface area contributed by atoms with Crippen LogP contribution < -0.4 is 14.8 Å². The van der Waals surface area contributed by atoms with Crippen molar-refractivity contribution < 1.29 is 13.2 Å². The van der Waals surface area contributed by atoms with Gasteiger partial charge in [-0.25, -0.2) is 18.1 Å². The second-order valence-electron chi connectivity index (χ2n) is 7.57. The summed E-state index contributed by atoms with van der Waals surface area (Å²) in [7, 11) is -3.18. The Hall–Kier alpha value is -1.34. The number of hydrogen-bond donors (Lipinski definition) is 2. The molecule has 1 aliphatic carbocycles. The highest BCUT2D eigenvalue weighted by Crippen LogP contribution is 2.26. The Balaban J connectivity index is 1.70. The summed E-state index contributed by atoms with van der Waals surface area (Å²) in [5, 5.41) is 3.12. The van der Waals surface area contributed by atoms with E-state index in [1.54, 1.807) is 6.92 Å². The maximum Gasteiger partial charge on any atom is 0.214 e. The lowest BCUT2D eigenvalue weighted by Gasteiger charge is -2.30. The van der Waals surface area contributed by atoms with Gasteiger partial charge in [-0.3, -0.25) is 0 Å². The molecule has 1 aliphatic rings. The summed E-state index contributed by atoms with van der Waals surface area (Å²) in [5.74, 6) is 1.23. The Morgan fingerprint density at radius 1 is 1.22 bits per heavy atom. The fraction of sp³-hybridized carbons (Fsp3) is 0.750. The second kappa shape index (κ2) is 10.9. The zero-order chi connectivity index (χ0) is 19.7. The first-order chi connectivity index (χ1) is 12.9. The molecule has 6 nitrogen and oxygen atoms in total. The topological polar surface area (TPSA) is 80.3 Å². The molecule has 2 rings (SSSR count). The van der Waals surface area contributed by atoms with Crippen molar-refractivity contribution in [3.63, 3.8) is 0 Å². The summed E-state index contributed by atoms with van der Waals surface area (Å²) in [5.41, 5.74) is 0.998. The van der Waals surface area contributed by atoms with Gasteiger partial charge in [0.25, 0.3) is 0 Å². The first-order valence-electron chi connectivity index (χ1n) is 10.3. The summed E-state index contributed by atoms with van der Waals surface area (Å²) in [4.78, 5) is 4.33. The highest BCUT2D eigenvalue weighted by atomic mass is 32.2. The molecular weight excluding hydrogens is 362 g/mol. The predicted molar refractivity (Wildman–Crippen MR) is 111 cm³/mol. The van der Waals surface area contributed by atoms with Gasteiger partial charge in [-0.1, -0.05) is 20.3 Å². The molecular formula is C20H35N3O3S. The van der Waals surface area contributed by atoms with Gasteiger partial charge in [0.05, 0.1) is 23.7 Å². The minimum atomic E-state index is -3.18. The molecule has 0 aliphatic heterocycles. The molecule has 0 bridgehead atoms. The lowest BCUT2D eigenvalue weighted by molar-refractivity contribution is 0.298. The summed E-state index contributed by atoms with van der Waals surface area (Å²) in [6.45, 7) is 7.41. The number of ether oxygens (including phenoxy) is 1. The minimum absolute atomic E-state index is 0.0847. The van der Waals surface area contributed by atoms with Gasteiger partial charge < -0.3 is 10.1 Å². The fourth-order valence-electron chi connectivity index (χ4n) is 3.21. The molecule has 1 aromatic rings. The van der Waals surface area contributed by atoms with Crippen LogP contribution in [0.25, 0.3) is 0 Å². The van der Waals surface area contributed by atoms with Gasteiger partial charge in [0, 0.05) is 18.7 Å². The van der Waals surface area contributed by atoms with Crippen LogP contribution in [0.1, 0.15) is 65.7 Å². The van der Waals surface area contributed by atoms with E-state index in [0.717, 1.165) is 50.8 Å². The number of unbranched alkanes of at least 4 members (excludes halogenated alkanes) is 1. The van der Waals surface area contributed by atoms with Crippen molar-refractivity contribution in [1.29, 1.82) is 0 Å². The quantitative estimate of drug-likeness (QED) is 0.553. The van der Waals surface area contributed by atoms with Gasteiger partial charge in [0.2, 0.25) is 15.9 Å². The van der Waals surface area contributed by atoms with Gasteiger partial charge in [0.1, 0.15) is 0 Å². The van der Waals surface area contributed by atoms with Crippen molar-refractivity contribution in [2.24, 2.45) is 5.92 Å². The van der Waals surface area contributed by atoms with Crippen LogP contribution >= 0.6 is 0 Å². The molecule has 0 saturated heterocycles. The molecule has 1 fully saturated rings. The van der Waals surface area contributed by atoms with Gasteiger partial charge in [0.15, 0.2) is 0 Å². The van der Waals surface area contributed by atoms with Crippen LogP contribution in [0.3, 0.4) is 0 Å². The first kappa shape index (κ1) is 22.0. The van der Waals surface area contributed by atoms with Gasteiger partial charge in [-0.2, -0.15) is 0 Å². The number of nitrogens with zero attached hydrogens (tertiary/aromatic N) is 1. The predicted octanol–water partition coefficient (Wildman–Crippen LogP) is 3.95. The average molecular weight is 398 g/mol. The first-order valence-corrected chi connectivity index (χ1v) is 11.8. The van der Waals surface area contributed by atoms with Crippen molar-refractivity contribution in [2.45, 2.75) is 77.0 Å². The third kappa shape index (κ3) is 7.30. The third-order valence-electron chi connectivity index (χ3n) is 5.36. The number of sulfonamides is 1.